The molecule has 0 saturated carbocycles. The monoisotopic (exact) mass is 511 g/mol. The number of para-hydroxylation sites is 1. The Bertz CT molecular complexity index is 1450. The summed E-state index contributed by atoms with van der Waals surface area (Å²) in [6.07, 6.45) is 1.80. The minimum absolute atomic E-state index is 0.174. The van der Waals surface area contributed by atoms with Crippen LogP contribution in [0.5, 0.6) is 5.75 Å². The van der Waals surface area contributed by atoms with Crippen LogP contribution in [0.1, 0.15) is 41.7 Å². The topological polar surface area (TPSA) is 71.4 Å². The maximum Gasteiger partial charge on any atom is 0.221 e. The van der Waals surface area contributed by atoms with Crippen LogP contribution in [-0.4, -0.2) is 27.7 Å². The number of hydrogen-bond donors (Lipinski definition) is 2. The predicted octanol–water partition coefficient (Wildman–Crippen LogP) is 5.63. The van der Waals surface area contributed by atoms with E-state index < -0.39 is 0 Å². The summed E-state index contributed by atoms with van der Waals surface area (Å²) in [7, 11) is 1.58. The number of aryl methyl sites for hydroxylation is 1. The molecule has 4 aromatic rings. The smallest absolute Gasteiger partial charge is 0.221 e. The second-order valence-corrected chi connectivity index (χ2v) is 9.45. The van der Waals surface area contributed by atoms with E-state index in [4.69, 9.17) is 17.0 Å². The van der Waals surface area contributed by atoms with Crippen molar-refractivity contribution in [3.63, 3.8) is 0 Å². The van der Waals surface area contributed by atoms with Crippen LogP contribution in [0.3, 0.4) is 0 Å². The van der Waals surface area contributed by atoms with Gasteiger partial charge in [-0.05, 0) is 80.2 Å². The lowest BCUT2D eigenvalue weighted by molar-refractivity contribution is -0.114. The number of nitrogens with one attached hydrogen (secondary N) is 2. The van der Waals surface area contributed by atoms with Crippen LogP contribution in [0.15, 0.2) is 79.0 Å². The molecule has 188 valence electrons. The first kappa shape index (κ1) is 24.5. The van der Waals surface area contributed by atoms with Gasteiger partial charge in [0, 0.05) is 35.9 Å². The van der Waals surface area contributed by atoms with E-state index >= 15 is 0 Å². The molecule has 5 rings (SSSR count). The molecule has 8 heteroatoms. The van der Waals surface area contributed by atoms with Crippen molar-refractivity contribution in [1.82, 2.24) is 14.9 Å². The van der Waals surface area contributed by atoms with Crippen LogP contribution in [0, 0.1) is 13.8 Å². The standard InChI is InChI=1S/C29H29N5O2S/c1-18-16-23(19(2)33(18)21-10-6-5-7-11-21)28-27(24-12-8-9-15-30-24)32-29(37)34(28)22-13-14-26(36-4)25(17-22)31-20(3)35/h5-17,27-28H,1-4H3,(H,31,35)(H,32,37)/t27-,28+/m1/s1. The Morgan fingerprint density at radius 1 is 1.03 bits per heavy atom. The van der Waals surface area contributed by atoms with Gasteiger partial charge < -0.3 is 24.8 Å². The number of carbonyl (C=O) groups is 1. The van der Waals surface area contributed by atoms with Crippen molar-refractivity contribution in [3.8, 4) is 11.4 Å². The first-order valence-electron chi connectivity index (χ1n) is 12.1. The Kier molecular flexibility index (Phi) is 6.67. The number of benzene rings is 2. The minimum Gasteiger partial charge on any atom is -0.495 e. The molecular formula is C29H29N5O2S. The highest BCUT2D eigenvalue weighted by Crippen LogP contribution is 2.45. The molecule has 3 heterocycles. The second-order valence-electron chi connectivity index (χ2n) is 9.06. The van der Waals surface area contributed by atoms with Crippen LogP contribution in [0.2, 0.25) is 0 Å². The lowest BCUT2D eigenvalue weighted by Crippen LogP contribution is -2.29. The lowest BCUT2D eigenvalue weighted by Gasteiger charge is -2.29. The van der Waals surface area contributed by atoms with Crippen molar-refractivity contribution in [1.29, 1.82) is 0 Å². The van der Waals surface area contributed by atoms with Gasteiger partial charge in [-0.2, -0.15) is 0 Å². The summed E-state index contributed by atoms with van der Waals surface area (Å²) in [5, 5.41) is 6.98. The van der Waals surface area contributed by atoms with Gasteiger partial charge in [-0.15, -0.1) is 0 Å². The number of anilines is 2. The van der Waals surface area contributed by atoms with Crippen LogP contribution in [0.25, 0.3) is 5.69 Å². The second kappa shape index (κ2) is 10.1. The minimum atomic E-state index is -0.176. The zero-order valence-corrected chi connectivity index (χ0v) is 22.0. The van der Waals surface area contributed by atoms with Gasteiger partial charge in [0.25, 0.3) is 0 Å². The quantitative estimate of drug-likeness (QED) is 0.327. The van der Waals surface area contributed by atoms with Gasteiger partial charge in [0.1, 0.15) is 5.75 Å². The van der Waals surface area contributed by atoms with Gasteiger partial charge in [0.15, 0.2) is 5.11 Å². The van der Waals surface area contributed by atoms with Crippen molar-refractivity contribution >= 4 is 34.6 Å². The lowest BCUT2D eigenvalue weighted by atomic mass is 9.96. The largest absolute Gasteiger partial charge is 0.495 e. The van der Waals surface area contributed by atoms with E-state index in [1.807, 2.05) is 54.6 Å². The number of amides is 1. The number of hydrogen-bond acceptors (Lipinski definition) is 4. The van der Waals surface area contributed by atoms with E-state index in [2.05, 4.69) is 57.1 Å². The van der Waals surface area contributed by atoms with E-state index in [9.17, 15) is 4.79 Å². The first-order valence-corrected chi connectivity index (χ1v) is 12.5. The number of rotatable bonds is 6. The van der Waals surface area contributed by atoms with Gasteiger partial charge in [-0.3, -0.25) is 9.78 Å². The normalized spacial score (nSPS) is 17.0. The molecule has 0 spiro atoms. The zero-order valence-electron chi connectivity index (χ0n) is 21.2. The third-order valence-electron chi connectivity index (χ3n) is 6.67. The number of carbonyl (C=O) groups excluding carboxylic acids is 1. The summed E-state index contributed by atoms with van der Waals surface area (Å²) in [6.45, 7) is 5.74. The molecule has 0 bridgehead atoms. The Labute approximate surface area is 222 Å². The third kappa shape index (κ3) is 4.56. The highest BCUT2D eigenvalue weighted by molar-refractivity contribution is 7.80. The molecule has 1 saturated heterocycles. The molecule has 2 atom stereocenters. The third-order valence-corrected chi connectivity index (χ3v) is 6.99. The molecule has 1 fully saturated rings. The van der Waals surface area contributed by atoms with E-state index in [0.717, 1.165) is 34.0 Å². The summed E-state index contributed by atoms with van der Waals surface area (Å²) in [5.74, 6) is 0.406. The first-order chi connectivity index (χ1) is 17.9. The molecule has 1 amide bonds. The number of nitrogens with zero attached hydrogens (tertiary/aromatic N) is 3. The number of thiocarbonyl (C=S) groups is 1. The summed E-state index contributed by atoms with van der Waals surface area (Å²) >= 11 is 5.91. The zero-order chi connectivity index (χ0) is 26.1. The van der Waals surface area contributed by atoms with E-state index in [1.165, 1.54) is 6.92 Å². The number of ether oxygens (including phenoxy) is 1. The summed E-state index contributed by atoms with van der Waals surface area (Å²) in [4.78, 5) is 18.7. The average Bonchev–Trinajstić information content (AvgIpc) is 3.39. The molecule has 0 unspecified atom stereocenters. The molecule has 37 heavy (non-hydrogen) atoms. The summed E-state index contributed by atoms with van der Waals surface area (Å²) in [5.41, 5.74) is 6.83. The van der Waals surface area contributed by atoms with Gasteiger partial charge in [-0.25, -0.2) is 0 Å². The van der Waals surface area contributed by atoms with Crippen molar-refractivity contribution in [3.05, 3.63) is 102 Å². The van der Waals surface area contributed by atoms with E-state index in [-0.39, 0.29) is 18.0 Å². The van der Waals surface area contributed by atoms with Crippen molar-refractivity contribution < 1.29 is 9.53 Å². The van der Waals surface area contributed by atoms with Crippen molar-refractivity contribution in [2.75, 3.05) is 17.3 Å². The molecular weight excluding hydrogens is 482 g/mol. The molecule has 2 aromatic heterocycles. The molecule has 7 nitrogen and oxygen atoms in total. The molecule has 1 aliphatic heterocycles. The molecule has 2 aromatic carbocycles. The van der Waals surface area contributed by atoms with Crippen molar-refractivity contribution in [2.24, 2.45) is 0 Å². The molecule has 0 radical (unpaired) electrons. The maximum atomic E-state index is 11.9. The molecule has 1 aliphatic rings. The van der Waals surface area contributed by atoms with Gasteiger partial charge in [-0.1, -0.05) is 24.3 Å². The van der Waals surface area contributed by atoms with Gasteiger partial charge >= 0.3 is 0 Å². The highest BCUT2D eigenvalue weighted by atomic mass is 32.1. The SMILES string of the molecule is COc1ccc(N2C(=S)N[C@H](c3ccccn3)[C@@H]2c2cc(C)n(-c3ccccc3)c2C)cc1NC(C)=O. The van der Waals surface area contributed by atoms with Crippen molar-refractivity contribution in [2.45, 2.75) is 32.9 Å². The van der Waals surface area contributed by atoms with Crippen LogP contribution >= 0.6 is 12.2 Å². The molecule has 0 aliphatic carbocycles. The fraction of sp³-hybridized carbons (Fsp3) is 0.207. The number of methoxy groups -OCH3 is 1. The summed E-state index contributed by atoms with van der Waals surface area (Å²) < 4.78 is 7.75. The van der Waals surface area contributed by atoms with Crippen LogP contribution in [0.4, 0.5) is 11.4 Å². The van der Waals surface area contributed by atoms with Gasteiger partial charge in [0.2, 0.25) is 5.91 Å². The highest BCUT2D eigenvalue weighted by Gasteiger charge is 2.42. The average molecular weight is 512 g/mol. The van der Waals surface area contributed by atoms with Crippen LogP contribution < -0.4 is 20.3 Å². The summed E-state index contributed by atoms with van der Waals surface area (Å²) in [6, 6.07) is 23.8. The predicted molar refractivity (Wildman–Crippen MR) is 150 cm³/mol. The maximum absolute atomic E-state index is 11.9. The van der Waals surface area contributed by atoms with Crippen LogP contribution in [-0.2, 0) is 4.79 Å². The number of pyridine rings is 1. The Morgan fingerprint density at radius 3 is 2.46 bits per heavy atom. The van der Waals surface area contributed by atoms with E-state index in [1.54, 1.807) is 13.3 Å². The fourth-order valence-corrected chi connectivity index (χ4v) is 5.49. The Morgan fingerprint density at radius 2 is 1.78 bits per heavy atom. The van der Waals surface area contributed by atoms with E-state index in [0.29, 0.717) is 16.5 Å². The Balaban J connectivity index is 1.68. The van der Waals surface area contributed by atoms with Gasteiger partial charge in [0.05, 0.1) is 30.6 Å². The Hall–Kier alpha value is -4.17. The fourth-order valence-electron chi connectivity index (χ4n) is 5.14. The molecule has 2 N–H and O–H groups in total. The number of aromatic nitrogens is 2.